The van der Waals surface area contributed by atoms with E-state index in [4.69, 9.17) is 25.7 Å². The SMILES string of the molecule is CN(CCN(CC[C@H](N)C(=O)OCc1ccccc1)C[C@H]1O[C@@H](n2cnc3c2NCNC3N)[C@H](O)[C@@H]1O)C(=O)OCc1ccccc1. The average molecular weight is 653 g/mol. The van der Waals surface area contributed by atoms with Crippen molar-refractivity contribution < 1.29 is 34.0 Å². The van der Waals surface area contributed by atoms with Crippen molar-refractivity contribution in [2.75, 3.05) is 45.2 Å². The maximum absolute atomic E-state index is 12.7. The molecule has 0 saturated carbocycles. The first kappa shape index (κ1) is 34.3. The van der Waals surface area contributed by atoms with Crippen LogP contribution in [0.25, 0.3) is 0 Å². The van der Waals surface area contributed by atoms with Crippen LogP contribution in [0, 0.1) is 0 Å². The van der Waals surface area contributed by atoms with E-state index in [1.807, 2.05) is 65.6 Å². The molecule has 1 amide bonds. The zero-order chi connectivity index (χ0) is 33.3. The van der Waals surface area contributed by atoms with Crippen LogP contribution in [0.1, 0.15) is 35.6 Å². The molecule has 1 saturated heterocycles. The Morgan fingerprint density at radius 1 is 1.02 bits per heavy atom. The van der Waals surface area contributed by atoms with E-state index in [1.54, 1.807) is 11.6 Å². The number of rotatable bonds is 14. The standard InChI is InChI=1S/C32H44N8O7/c1-38(32(44)46-18-22-10-6-3-7-11-22)14-15-39(13-12-23(33)31(43)45-17-21-8-4-2-5-9-21)16-24-26(41)27(42)30(47-24)40-20-37-25-28(34)35-19-36-29(25)40/h2-11,20,23-24,26-28,30,35-36,41-42H,12-19,33-34H2,1H3/t23-,24+,26+,27+,28?,30+/m0/s1. The Morgan fingerprint density at radius 2 is 1.68 bits per heavy atom. The summed E-state index contributed by atoms with van der Waals surface area (Å²) in [6, 6.07) is 17.8. The highest BCUT2D eigenvalue weighted by Crippen LogP contribution is 2.34. The van der Waals surface area contributed by atoms with Crippen molar-refractivity contribution in [2.24, 2.45) is 11.5 Å². The van der Waals surface area contributed by atoms with Gasteiger partial charge in [-0.05, 0) is 17.5 Å². The van der Waals surface area contributed by atoms with Crippen molar-refractivity contribution in [2.45, 2.75) is 56.4 Å². The summed E-state index contributed by atoms with van der Waals surface area (Å²) < 4.78 is 18.7. The number of nitrogens with one attached hydrogen (secondary N) is 2. The lowest BCUT2D eigenvalue weighted by atomic mass is 10.1. The van der Waals surface area contributed by atoms with Gasteiger partial charge in [0.25, 0.3) is 0 Å². The summed E-state index contributed by atoms with van der Waals surface area (Å²) in [5, 5.41) is 28.2. The number of nitrogens with zero attached hydrogens (tertiary/aromatic N) is 4. The number of aliphatic hydroxyl groups excluding tert-OH is 2. The lowest BCUT2D eigenvalue weighted by Gasteiger charge is -2.29. The highest BCUT2D eigenvalue weighted by molar-refractivity contribution is 5.75. The number of likely N-dealkylation sites (N-methyl/N-ethyl adjacent to an activating group) is 1. The van der Waals surface area contributed by atoms with Crippen molar-refractivity contribution in [1.29, 1.82) is 0 Å². The number of benzene rings is 2. The molecule has 5 rings (SSSR count). The van der Waals surface area contributed by atoms with Crippen LogP contribution < -0.4 is 22.1 Å². The largest absolute Gasteiger partial charge is 0.460 e. The molecule has 8 N–H and O–H groups in total. The fraction of sp³-hybridized carbons (Fsp3) is 0.469. The van der Waals surface area contributed by atoms with Gasteiger partial charge in [0.1, 0.15) is 55.2 Å². The molecule has 1 fully saturated rings. The molecule has 0 bridgehead atoms. The Balaban J connectivity index is 1.20. The molecule has 254 valence electrons. The van der Waals surface area contributed by atoms with Crippen molar-refractivity contribution >= 4 is 17.9 Å². The van der Waals surface area contributed by atoms with Crippen LogP contribution in [0.2, 0.25) is 0 Å². The number of hydrogen-bond acceptors (Lipinski definition) is 13. The van der Waals surface area contributed by atoms with Crippen molar-refractivity contribution in [3.8, 4) is 0 Å². The van der Waals surface area contributed by atoms with Crippen LogP contribution in [0.15, 0.2) is 67.0 Å². The third kappa shape index (κ3) is 8.84. The molecule has 1 unspecified atom stereocenters. The number of fused-ring (bicyclic) bond motifs is 1. The molecule has 2 aromatic carbocycles. The fourth-order valence-corrected chi connectivity index (χ4v) is 5.47. The number of ether oxygens (including phenoxy) is 3. The van der Waals surface area contributed by atoms with E-state index < -0.39 is 48.8 Å². The third-order valence-electron chi connectivity index (χ3n) is 8.30. The molecule has 47 heavy (non-hydrogen) atoms. The predicted octanol–water partition coefficient (Wildman–Crippen LogP) is 0.464. The normalized spacial score (nSPS) is 22.7. The van der Waals surface area contributed by atoms with E-state index in [9.17, 15) is 19.8 Å². The Labute approximate surface area is 273 Å². The third-order valence-corrected chi connectivity index (χ3v) is 8.30. The molecular weight excluding hydrogens is 608 g/mol. The Kier molecular flexibility index (Phi) is 11.8. The van der Waals surface area contributed by atoms with Crippen LogP contribution in [0.3, 0.4) is 0 Å². The minimum Gasteiger partial charge on any atom is -0.460 e. The molecule has 0 aliphatic carbocycles. The van der Waals surface area contributed by atoms with Crippen LogP contribution >= 0.6 is 0 Å². The van der Waals surface area contributed by atoms with Gasteiger partial charge < -0.3 is 46.1 Å². The highest BCUT2D eigenvalue weighted by atomic mass is 16.6. The van der Waals surface area contributed by atoms with E-state index in [-0.39, 0.29) is 32.7 Å². The minimum absolute atomic E-state index is 0.113. The van der Waals surface area contributed by atoms with E-state index in [0.29, 0.717) is 31.3 Å². The molecular formula is C32H44N8O7. The number of aromatic nitrogens is 2. The van der Waals surface area contributed by atoms with Gasteiger partial charge in [0.2, 0.25) is 0 Å². The number of hydrogen-bond donors (Lipinski definition) is 6. The lowest BCUT2D eigenvalue weighted by Crippen LogP contribution is -2.45. The fourth-order valence-electron chi connectivity index (χ4n) is 5.47. The van der Waals surface area contributed by atoms with Crippen LogP contribution in [-0.4, -0.2) is 106 Å². The number of nitrogens with two attached hydrogens (primary N) is 2. The van der Waals surface area contributed by atoms with Crippen molar-refractivity contribution in [3.05, 3.63) is 83.8 Å². The summed E-state index contributed by atoms with van der Waals surface area (Å²) >= 11 is 0. The minimum atomic E-state index is -1.25. The summed E-state index contributed by atoms with van der Waals surface area (Å²) in [7, 11) is 1.63. The Hall–Kier alpha value is -4.09. The molecule has 2 aliphatic rings. The van der Waals surface area contributed by atoms with Gasteiger partial charge in [-0.2, -0.15) is 0 Å². The van der Waals surface area contributed by atoms with Gasteiger partial charge in [-0.25, -0.2) is 9.78 Å². The van der Waals surface area contributed by atoms with Gasteiger partial charge in [-0.15, -0.1) is 0 Å². The second-order valence-electron chi connectivity index (χ2n) is 11.7. The molecule has 0 spiro atoms. The summed E-state index contributed by atoms with van der Waals surface area (Å²) in [6.07, 6.45) is -3.42. The molecule has 1 aromatic heterocycles. The van der Waals surface area contributed by atoms with Gasteiger partial charge >= 0.3 is 12.1 Å². The Bertz CT molecular complexity index is 1380. The van der Waals surface area contributed by atoms with Crippen LogP contribution in [0.5, 0.6) is 0 Å². The second-order valence-corrected chi connectivity index (χ2v) is 11.7. The van der Waals surface area contributed by atoms with Gasteiger partial charge in [-0.1, -0.05) is 60.7 Å². The van der Waals surface area contributed by atoms with Gasteiger partial charge in [0, 0.05) is 33.2 Å². The second kappa shape index (κ2) is 16.1. The van der Waals surface area contributed by atoms with Crippen LogP contribution in [-0.2, 0) is 32.2 Å². The molecule has 3 aromatic rings. The average Bonchev–Trinajstić information content (AvgIpc) is 3.65. The quantitative estimate of drug-likeness (QED) is 0.131. The number of amides is 1. The van der Waals surface area contributed by atoms with Crippen molar-refractivity contribution in [3.63, 3.8) is 0 Å². The molecule has 0 radical (unpaired) electrons. The number of aliphatic hydroxyl groups is 2. The van der Waals surface area contributed by atoms with E-state index in [1.165, 1.54) is 11.2 Å². The molecule has 15 nitrogen and oxygen atoms in total. The maximum atomic E-state index is 12.7. The lowest BCUT2D eigenvalue weighted by molar-refractivity contribution is -0.146. The zero-order valence-electron chi connectivity index (χ0n) is 26.4. The van der Waals surface area contributed by atoms with Crippen molar-refractivity contribution in [1.82, 2.24) is 24.7 Å². The van der Waals surface area contributed by atoms with E-state index in [2.05, 4.69) is 15.6 Å². The number of anilines is 1. The smallest absolute Gasteiger partial charge is 0.409 e. The van der Waals surface area contributed by atoms with E-state index in [0.717, 1.165) is 11.1 Å². The van der Waals surface area contributed by atoms with E-state index >= 15 is 0 Å². The molecule has 15 heteroatoms. The monoisotopic (exact) mass is 652 g/mol. The van der Waals surface area contributed by atoms with Gasteiger partial charge in [-0.3, -0.25) is 19.6 Å². The first-order valence-corrected chi connectivity index (χ1v) is 15.6. The van der Waals surface area contributed by atoms with Crippen LogP contribution in [0.4, 0.5) is 10.6 Å². The first-order valence-electron chi connectivity index (χ1n) is 15.6. The number of carbonyl (C=O) groups excluding carboxylic acids is 2. The predicted molar refractivity (Wildman–Crippen MR) is 171 cm³/mol. The zero-order valence-corrected chi connectivity index (χ0v) is 26.4. The molecule has 3 heterocycles. The summed E-state index contributed by atoms with van der Waals surface area (Å²) in [6.45, 7) is 1.78. The number of imidazole rings is 1. The molecule has 2 aliphatic heterocycles. The molecule has 6 atom stereocenters. The summed E-state index contributed by atoms with van der Waals surface area (Å²) in [5.74, 6) is 0.0637. The number of carbonyl (C=O) groups is 2. The summed E-state index contributed by atoms with van der Waals surface area (Å²) in [4.78, 5) is 33.1. The Morgan fingerprint density at radius 3 is 2.36 bits per heavy atom. The van der Waals surface area contributed by atoms with Gasteiger partial charge in [0.15, 0.2) is 6.23 Å². The summed E-state index contributed by atoms with van der Waals surface area (Å²) in [5.41, 5.74) is 14.6. The topological polar surface area (TPSA) is 203 Å². The maximum Gasteiger partial charge on any atom is 0.409 e. The van der Waals surface area contributed by atoms with Gasteiger partial charge in [0.05, 0.1) is 13.0 Å². The highest BCUT2D eigenvalue weighted by Gasteiger charge is 2.45. The number of esters is 1. The first-order chi connectivity index (χ1) is 22.7.